The van der Waals surface area contributed by atoms with Crippen molar-refractivity contribution < 1.29 is 41.7 Å². The van der Waals surface area contributed by atoms with E-state index in [2.05, 4.69) is 9.72 Å². The number of amides is 1. The van der Waals surface area contributed by atoms with Gasteiger partial charge in [0, 0.05) is 31.6 Å². The molecule has 0 fully saturated rings. The number of aromatic nitrogens is 1. The van der Waals surface area contributed by atoms with E-state index < -0.39 is 71.8 Å². The minimum absolute atomic E-state index is 0.0930. The van der Waals surface area contributed by atoms with Crippen LogP contribution in [0.25, 0.3) is 0 Å². The van der Waals surface area contributed by atoms with Crippen LogP contribution in [-0.2, 0) is 0 Å². The lowest BCUT2D eigenvalue weighted by Gasteiger charge is -2.17. The summed E-state index contributed by atoms with van der Waals surface area (Å²) in [7, 11) is 3.04. The van der Waals surface area contributed by atoms with Gasteiger partial charge in [0.05, 0.1) is 6.67 Å². The van der Waals surface area contributed by atoms with Crippen molar-refractivity contribution in [2.45, 2.75) is 12.8 Å². The number of nitrogens with one attached hydrogen (secondary N) is 1. The number of halogens is 4. The molecule has 4 N–H and O–H groups in total. The summed E-state index contributed by atoms with van der Waals surface area (Å²) in [4.78, 5) is 17.2. The summed E-state index contributed by atoms with van der Waals surface area (Å²) in [5.74, 6) is -8.27. The number of carbonyl (C=O) groups excluding carboxylic acids is 1. The highest BCUT2D eigenvalue weighted by molar-refractivity contribution is 5.95. The molecule has 196 valence electrons. The normalized spacial score (nSPS) is 11.5. The Kier molecular flexibility index (Phi) is 8.37. The van der Waals surface area contributed by atoms with E-state index in [0.29, 0.717) is 0 Å². The van der Waals surface area contributed by atoms with E-state index in [1.165, 1.54) is 49.3 Å². The van der Waals surface area contributed by atoms with Gasteiger partial charge in [-0.05, 0) is 36.4 Å². The molecular formula is C24H22F4N4O5. The molecular weight excluding hydrogens is 500 g/mol. The number of phenolic OH excluding ortho intramolecular Hbond substituents is 1. The van der Waals surface area contributed by atoms with Crippen molar-refractivity contribution >= 4 is 11.7 Å². The molecule has 13 heteroatoms. The summed E-state index contributed by atoms with van der Waals surface area (Å²) >= 11 is 0. The summed E-state index contributed by atoms with van der Waals surface area (Å²) in [6, 6.07) is 9.00. The van der Waals surface area contributed by atoms with Gasteiger partial charge in [0.1, 0.15) is 11.6 Å². The van der Waals surface area contributed by atoms with Crippen LogP contribution >= 0.6 is 0 Å². The zero-order chi connectivity index (χ0) is 27.3. The number of hydrogen-bond acceptors (Lipinski definition) is 7. The number of rotatable bonds is 10. The van der Waals surface area contributed by atoms with Crippen LogP contribution in [0.15, 0.2) is 42.5 Å². The summed E-state index contributed by atoms with van der Waals surface area (Å²) < 4.78 is 72.0. The standard InChI is InChI=1S/C24H22F4N4O5/c1-32(2)24(34)13-4-3-5-14(10-13)35-22-18(27)20(37-17(26)8-9-25)19(28)23(31-22)36-16-11-12(21(29)30)6-7-15(16)33/h3-7,10-11,17,33H,8-9H2,1-2H3,(H3,29,30). The molecule has 1 amide bonds. The van der Waals surface area contributed by atoms with E-state index in [4.69, 9.17) is 20.6 Å². The maximum atomic E-state index is 15.1. The first kappa shape index (κ1) is 27.0. The molecule has 0 saturated heterocycles. The fourth-order valence-corrected chi connectivity index (χ4v) is 2.92. The molecule has 0 aliphatic carbocycles. The van der Waals surface area contributed by atoms with Crippen molar-refractivity contribution in [3.8, 4) is 34.8 Å². The number of ether oxygens (including phenoxy) is 3. The Balaban J connectivity index is 2.08. The van der Waals surface area contributed by atoms with Gasteiger partial charge in [0.15, 0.2) is 11.5 Å². The highest BCUT2D eigenvalue weighted by atomic mass is 19.2. The fraction of sp³-hybridized carbons (Fsp3) is 0.208. The molecule has 1 aromatic heterocycles. The second-order valence-corrected chi connectivity index (χ2v) is 7.71. The predicted molar refractivity (Wildman–Crippen MR) is 124 cm³/mol. The number of nitrogens with zero attached hydrogens (tertiary/aromatic N) is 2. The predicted octanol–water partition coefficient (Wildman–Crippen LogP) is 4.67. The molecule has 0 saturated carbocycles. The third-order valence-corrected chi connectivity index (χ3v) is 4.74. The topological polar surface area (TPSA) is 131 Å². The summed E-state index contributed by atoms with van der Waals surface area (Å²) in [6.45, 7) is -1.17. The highest BCUT2D eigenvalue weighted by Crippen LogP contribution is 2.40. The Hall–Kier alpha value is -4.55. The molecule has 1 heterocycles. The molecule has 2 aromatic carbocycles. The molecule has 0 aliphatic rings. The molecule has 9 nitrogen and oxygen atoms in total. The van der Waals surface area contributed by atoms with Gasteiger partial charge < -0.3 is 30.0 Å². The zero-order valence-corrected chi connectivity index (χ0v) is 19.6. The van der Waals surface area contributed by atoms with Crippen molar-refractivity contribution in [1.29, 1.82) is 5.41 Å². The first-order chi connectivity index (χ1) is 17.5. The Labute approximate surface area is 208 Å². The van der Waals surface area contributed by atoms with Crippen LogP contribution in [0.1, 0.15) is 22.3 Å². The van der Waals surface area contributed by atoms with Crippen molar-refractivity contribution in [3.63, 3.8) is 0 Å². The van der Waals surface area contributed by atoms with Crippen molar-refractivity contribution in [2.24, 2.45) is 5.73 Å². The summed E-state index contributed by atoms with van der Waals surface area (Å²) in [5.41, 5.74) is 5.68. The third-order valence-electron chi connectivity index (χ3n) is 4.74. The molecule has 1 unspecified atom stereocenters. The van der Waals surface area contributed by atoms with E-state index in [-0.39, 0.29) is 16.9 Å². The number of aromatic hydroxyl groups is 1. The summed E-state index contributed by atoms with van der Waals surface area (Å²) in [5, 5.41) is 17.6. The molecule has 3 rings (SSSR count). The maximum Gasteiger partial charge on any atom is 0.263 e. The number of carbonyl (C=O) groups is 1. The lowest BCUT2D eigenvalue weighted by atomic mass is 10.2. The molecule has 1 atom stereocenters. The molecule has 3 aromatic rings. The number of alkyl halides is 2. The lowest BCUT2D eigenvalue weighted by molar-refractivity contribution is 0.0442. The Morgan fingerprint density at radius 1 is 1.11 bits per heavy atom. The van der Waals surface area contributed by atoms with E-state index in [0.717, 1.165) is 12.1 Å². The number of pyridine rings is 1. The first-order valence-corrected chi connectivity index (χ1v) is 10.6. The van der Waals surface area contributed by atoms with Crippen molar-refractivity contribution in [3.05, 3.63) is 65.2 Å². The number of nitrogen functional groups attached to an aromatic ring is 1. The average molecular weight is 522 g/mol. The Bertz CT molecular complexity index is 1320. The maximum absolute atomic E-state index is 15.1. The van der Waals surface area contributed by atoms with Gasteiger partial charge in [-0.1, -0.05) is 6.07 Å². The zero-order valence-electron chi connectivity index (χ0n) is 19.6. The monoisotopic (exact) mass is 522 g/mol. The van der Waals surface area contributed by atoms with Gasteiger partial charge in [-0.25, -0.2) is 4.39 Å². The Morgan fingerprint density at radius 3 is 2.41 bits per heavy atom. The lowest BCUT2D eigenvalue weighted by Crippen LogP contribution is -2.21. The molecule has 0 aliphatic heterocycles. The number of phenols is 1. The minimum atomic E-state index is -2.42. The van der Waals surface area contributed by atoms with Crippen LogP contribution in [0, 0.1) is 17.0 Å². The second kappa shape index (κ2) is 11.5. The van der Waals surface area contributed by atoms with Gasteiger partial charge in [-0.2, -0.15) is 13.8 Å². The van der Waals surface area contributed by atoms with E-state index in [1.807, 2.05) is 0 Å². The molecule has 37 heavy (non-hydrogen) atoms. The van der Waals surface area contributed by atoms with Crippen molar-refractivity contribution in [1.82, 2.24) is 9.88 Å². The molecule has 0 bridgehead atoms. The average Bonchev–Trinajstić information content (AvgIpc) is 2.85. The Morgan fingerprint density at radius 2 is 1.78 bits per heavy atom. The van der Waals surface area contributed by atoms with Crippen LogP contribution in [0.5, 0.6) is 34.8 Å². The van der Waals surface area contributed by atoms with Crippen LogP contribution in [0.3, 0.4) is 0 Å². The fourth-order valence-electron chi connectivity index (χ4n) is 2.92. The van der Waals surface area contributed by atoms with E-state index in [9.17, 15) is 18.7 Å². The number of amidine groups is 1. The van der Waals surface area contributed by atoms with Gasteiger partial charge in [0.2, 0.25) is 23.7 Å². The van der Waals surface area contributed by atoms with Gasteiger partial charge in [-0.15, -0.1) is 0 Å². The number of hydrogen-bond donors (Lipinski definition) is 3. The summed E-state index contributed by atoms with van der Waals surface area (Å²) in [6.07, 6.45) is -3.24. The van der Waals surface area contributed by atoms with Crippen LogP contribution in [-0.4, -0.2) is 53.9 Å². The van der Waals surface area contributed by atoms with Crippen LogP contribution < -0.4 is 19.9 Å². The van der Waals surface area contributed by atoms with Crippen LogP contribution in [0.4, 0.5) is 17.6 Å². The van der Waals surface area contributed by atoms with Gasteiger partial charge >= 0.3 is 0 Å². The van der Waals surface area contributed by atoms with E-state index in [1.54, 1.807) is 0 Å². The first-order valence-electron chi connectivity index (χ1n) is 10.6. The molecule has 0 radical (unpaired) electrons. The minimum Gasteiger partial charge on any atom is -0.504 e. The SMILES string of the molecule is CN(C)C(=O)c1cccc(Oc2nc(Oc3cc(C(=N)N)ccc3O)c(F)c(OC(F)CCF)c2F)c1. The van der Waals surface area contributed by atoms with Gasteiger partial charge in [-0.3, -0.25) is 14.6 Å². The number of benzene rings is 2. The molecule has 0 spiro atoms. The second-order valence-electron chi connectivity index (χ2n) is 7.71. The number of nitrogens with two attached hydrogens (primary N) is 1. The third kappa shape index (κ3) is 6.37. The van der Waals surface area contributed by atoms with Crippen LogP contribution in [0.2, 0.25) is 0 Å². The van der Waals surface area contributed by atoms with E-state index >= 15 is 8.78 Å². The largest absolute Gasteiger partial charge is 0.504 e. The van der Waals surface area contributed by atoms with Gasteiger partial charge in [0.25, 0.3) is 17.7 Å². The quantitative estimate of drug-likeness (QED) is 0.200. The van der Waals surface area contributed by atoms with Crippen molar-refractivity contribution in [2.75, 3.05) is 20.8 Å². The smallest absolute Gasteiger partial charge is 0.263 e. The highest BCUT2D eigenvalue weighted by Gasteiger charge is 2.28.